The molecule has 15 heavy (non-hydrogen) atoms. The Labute approximate surface area is 91.5 Å². The number of rotatable bonds is 7. The van der Waals surface area contributed by atoms with Gasteiger partial charge in [0.25, 0.3) is 0 Å². The highest BCUT2D eigenvalue weighted by molar-refractivity contribution is 5.71. The number of esters is 1. The zero-order valence-corrected chi connectivity index (χ0v) is 9.79. The van der Waals surface area contributed by atoms with Gasteiger partial charge in [-0.05, 0) is 37.7 Å². The molecule has 0 aliphatic heterocycles. The monoisotopic (exact) mass is 212 g/mol. The van der Waals surface area contributed by atoms with Crippen LogP contribution in [-0.4, -0.2) is 18.9 Å². The summed E-state index contributed by atoms with van der Waals surface area (Å²) in [6.07, 6.45) is 5.62. The minimum Gasteiger partial charge on any atom is -0.466 e. The summed E-state index contributed by atoms with van der Waals surface area (Å²) in [6, 6.07) is 0. The maximum absolute atomic E-state index is 10.5. The zero-order chi connectivity index (χ0) is 11.7. The third-order valence-electron chi connectivity index (χ3n) is 2.23. The van der Waals surface area contributed by atoms with Gasteiger partial charge >= 0.3 is 5.97 Å². The van der Waals surface area contributed by atoms with Gasteiger partial charge in [-0.2, -0.15) is 0 Å². The van der Waals surface area contributed by atoms with Gasteiger partial charge in [0.15, 0.2) is 0 Å². The van der Waals surface area contributed by atoms with Gasteiger partial charge in [0.2, 0.25) is 0 Å². The van der Waals surface area contributed by atoms with Crippen molar-refractivity contribution in [2.45, 2.75) is 40.0 Å². The van der Waals surface area contributed by atoms with Crippen LogP contribution in [-0.2, 0) is 14.3 Å². The summed E-state index contributed by atoms with van der Waals surface area (Å²) in [6.45, 7) is 5.83. The van der Waals surface area contributed by atoms with Crippen molar-refractivity contribution < 1.29 is 14.3 Å². The molecular formula is C12H20O3. The molecule has 0 saturated heterocycles. The van der Waals surface area contributed by atoms with Crippen LogP contribution in [0.5, 0.6) is 0 Å². The van der Waals surface area contributed by atoms with E-state index >= 15 is 0 Å². The van der Waals surface area contributed by atoms with Gasteiger partial charge in [-0.15, -0.1) is 0 Å². The Morgan fingerprint density at radius 1 is 1.33 bits per heavy atom. The first-order chi connectivity index (χ1) is 7.06. The normalized spacial score (nSPS) is 13.4. The number of hydrogen-bond donors (Lipinski definition) is 0. The fraction of sp³-hybridized carbons (Fsp3) is 0.667. The average molecular weight is 212 g/mol. The highest BCUT2D eigenvalue weighted by atomic mass is 16.5. The molecular weight excluding hydrogens is 192 g/mol. The molecule has 1 atom stereocenters. The van der Waals surface area contributed by atoms with E-state index in [2.05, 4.69) is 6.92 Å². The maximum Gasteiger partial charge on any atom is 0.302 e. The summed E-state index contributed by atoms with van der Waals surface area (Å²) in [5, 5.41) is 0. The third-order valence-corrected chi connectivity index (χ3v) is 2.23. The minimum absolute atomic E-state index is 0.223. The lowest BCUT2D eigenvalue weighted by molar-refractivity contribution is -0.141. The fourth-order valence-corrected chi connectivity index (χ4v) is 1.19. The Hall–Kier alpha value is -1.12. The second-order valence-corrected chi connectivity index (χ2v) is 3.88. The predicted molar refractivity (Wildman–Crippen MR) is 59.5 cm³/mol. The maximum atomic E-state index is 10.5. The summed E-state index contributed by atoms with van der Waals surface area (Å²) >= 11 is 0. The lowest BCUT2D eigenvalue weighted by atomic mass is 10.0. The number of hydrogen-bond acceptors (Lipinski definition) is 3. The van der Waals surface area contributed by atoms with E-state index in [1.807, 2.05) is 6.08 Å². The molecule has 0 radical (unpaired) electrons. The average Bonchev–Trinajstić information content (AvgIpc) is 2.17. The Bertz CT molecular complexity index is 231. The lowest BCUT2D eigenvalue weighted by Crippen LogP contribution is -2.05. The largest absolute Gasteiger partial charge is 0.466 e. The Kier molecular flexibility index (Phi) is 7.60. The van der Waals surface area contributed by atoms with E-state index in [1.165, 1.54) is 6.92 Å². The van der Waals surface area contributed by atoms with Crippen LogP contribution in [0.1, 0.15) is 40.0 Å². The highest BCUT2D eigenvalue weighted by Gasteiger charge is 2.02. The standard InChI is InChI=1S/C12H20O3/c1-10(7-8-15-12(3)14)5-4-6-11(2)9-13/h6,9-10H,4-5,7-8H2,1-3H3/b11-6+/t10-/m0/s1. The van der Waals surface area contributed by atoms with Crippen molar-refractivity contribution in [2.24, 2.45) is 5.92 Å². The van der Waals surface area contributed by atoms with Crippen LogP contribution in [0.2, 0.25) is 0 Å². The smallest absolute Gasteiger partial charge is 0.302 e. The minimum atomic E-state index is -0.223. The molecule has 0 aromatic heterocycles. The van der Waals surface area contributed by atoms with E-state index in [1.54, 1.807) is 6.92 Å². The van der Waals surface area contributed by atoms with E-state index in [0.29, 0.717) is 12.5 Å². The molecule has 86 valence electrons. The molecule has 0 fully saturated rings. The van der Waals surface area contributed by atoms with Crippen LogP contribution in [0, 0.1) is 5.92 Å². The van der Waals surface area contributed by atoms with Crippen LogP contribution in [0.3, 0.4) is 0 Å². The molecule has 3 heteroatoms. The summed E-state index contributed by atoms with van der Waals surface area (Å²) in [5.41, 5.74) is 0.780. The van der Waals surface area contributed by atoms with Crippen LogP contribution < -0.4 is 0 Å². The van der Waals surface area contributed by atoms with E-state index in [9.17, 15) is 9.59 Å². The number of ether oxygens (including phenoxy) is 1. The van der Waals surface area contributed by atoms with Crippen molar-refractivity contribution in [1.82, 2.24) is 0 Å². The molecule has 0 aliphatic rings. The summed E-state index contributed by atoms with van der Waals surface area (Å²) in [4.78, 5) is 20.8. The second kappa shape index (κ2) is 8.21. The molecule has 0 spiro atoms. The third kappa shape index (κ3) is 9.19. The molecule has 0 bridgehead atoms. The van der Waals surface area contributed by atoms with Crippen LogP contribution in [0.4, 0.5) is 0 Å². The molecule has 0 amide bonds. The highest BCUT2D eigenvalue weighted by Crippen LogP contribution is 2.11. The first-order valence-electron chi connectivity index (χ1n) is 5.31. The van der Waals surface area contributed by atoms with Gasteiger partial charge in [-0.25, -0.2) is 0 Å². The van der Waals surface area contributed by atoms with Crippen LogP contribution in [0.25, 0.3) is 0 Å². The van der Waals surface area contributed by atoms with Crippen molar-refractivity contribution in [1.29, 1.82) is 0 Å². The molecule has 0 heterocycles. The van der Waals surface area contributed by atoms with Gasteiger partial charge in [0, 0.05) is 6.92 Å². The van der Waals surface area contributed by atoms with Crippen molar-refractivity contribution >= 4 is 12.3 Å². The lowest BCUT2D eigenvalue weighted by Gasteiger charge is -2.09. The molecule has 0 N–H and O–H groups in total. The Morgan fingerprint density at radius 2 is 2.00 bits per heavy atom. The van der Waals surface area contributed by atoms with Crippen molar-refractivity contribution in [3.05, 3.63) is 11.6 Å². The van der Waals surface area contributed by atoms with Crippen molar-refractivity contribution in [3.63, 3.8) is 0 Å². The van der Waals surface area contributed by atoms with Gasteiger partial charge < -0.3 is 4.74 Å². The van der Waals surface area contributed by atoms with Gasteiger partial charge in [0.1, 0.15) is 6.29 Å². The number of allylic oxidation sites excluding steroid dienone is 2. The second-order valence-electron chi connectivity index (χ2n) is 3.88. The molecule has 0 unspecified atom stereocenters. The van der Waals surface area contributed by atoms with Crippen molar-refractivity contribution in [2.75, 3.05) is 6.61 Å². The van der Waals surface area contributed by atoms with E-state index < -0.39 is 0 Å². The number of carbonyl (C=O) groups excluding carboxylic acids is 2. The molecule has 0 saturated carbocycles. The first kappa shape index (κ1) is 13.9. The molecule has 0 aliphatic carbocycles. The molecule has 3 nitrogen and oxygen atoms in total. The molecule has 0 aromatic rings. The zero-order valence-electron chi connectivity index (χ0n) is 9.79. The molecule has 0 aromatic carbocycles. The van der Waals surface area contributed by atoms with Crippen LogP contribution in [0.15, 0.2) is 11.6 Å². The first-order valence-corrected chi connectivity index (χ1v) is 5.31. The van der Waals surface area contributed by atoms with Gasteiger partial charge in [0.05, 0.1) is 6.61 Å². The van der Waals surface area contributed by atoms with E-state index in [4.69, 9.17) is 4.74 Å². The Morgan fingerprint density at radius 3 is 2.53 bits per heavy atom. The number of aldehydes is 1. The molecule has 0 rings (SSSR count). The van der Waals surface area contributed by atoms with Gasteiger partial charge in [-0.1, -0.05) is 13.0 Å². The quantitative estimate of drug-likeness (QED) is 0.370. The van der Waals surface area contributed by atoms with Crippen molar-refractivity contribution in [3.8, 4) is 0 Å². The fourth-order valence-electron chi connectivity index (χ4n) is 1.19. The van der Waals surface area contributed by atoms with Crippen LogP contribution >= 0.6 is 0 Å². The Balaban J connectivity index is 3.53. The topological polar surface area (TPSA) is 43.4 Å². The van der Waals surface area contributed by atoms with E-state index in [-0.39, 0.29) is 5.97 Å². The SMILES string of the molecule is CC(=O)OCC[C@@H](C)CC/C=C(\C)C=O. The van der Waals surface area contributed by atoms with E-state index in [0.717, 1.165) is 31.1 Å². The summed E-state index contributed by atoms with van der Waals surface area (Å²) < 4.78 is 4.85. The van der Waals surface area contributed by atoms with Gasteiger partial charge in [-0.3, -0.25) is 9.59 Å². The number of carbonyl (C=O) groups is 2. The summed E-state index contributed by atoms with van der Waals surface area (Å²) in [5.74, 6) is 0.291. The predicted octanol–water partition coefficient (Wildman–Crippen LogP) is 2.50. The summed E-state index contributed by atoms with van der Waals surface area (Å²) in [7, 11) is 0.